The summed E-state index contributed by atoms with van der Waals surface area (Å²) in [5.41, 5.74) is 2.28. The van der Waals surface area contributed by atoms with E-state index < -0.39 is 16.1 Å². The molecule has 10 heteroatoms. The summed E-state index contributed by atoms with van der Waals surface area (Å²) in [6.45, 7) is 6.69. The summed E-state index contributed by atoms with van der Waals surface area (Å²) in [5.74, 6) is -0.414. The molecule has 1 atom stereocenters. The van der Waals surface area contributed by atoms with Crippen LogP contribution in [0.1, 0.15) is 50.7 Å². The monoisotopic (exact) mass is 555 g/mol. The van der Waals surface area contributed by atoms with Gasteiger partial charge in [-0.1, -0.05) is 66.9 Å². The Labute approximate surface area is 224 Å². The molecule has 2 rings (SSSR count). The number of hydrogen-bond acceptors (Lipinski definition) is 4. The number of nitrogens with zero attached hydrogens (tertiary/aromatic N) is 2. The number of carbonyl (C=O) groups excluding carboxylic acids is 2. The van der Waals surface area contributed by atoms with Crippen LogP contribution in [0.15, 0.2) is 42.5 Å². The lowest BCUT2D eigenvalue weighted by Gasteiger charge is -2.31. The van der Waals surface area contributed by atoms with Gasteiger partial charge in [0.2, 0.25) is 21.8 Å². The second-order valence-corrected chi connectivity index (χ2v) is 11.5. The van der Waals surface area contributed by atoms with Gasteiger partial charge in [-0.15, -0.1) is 0 Å². The topological polar surface area (TPSA) is 86.8 Å². The molecule has 0 radical (unpaired) electrons. The zero-order chi connectivity index (χ0) is 26.9. The van der Waals surface area contributed by atoms with Crippen molar-refractivity contribution < 1.29 is 18.0 Å². The van der Waals surface area contributed by atoms with Crippen molar-refractivity contribution in [3.05, 3.63) is 63.6 Å². The molecule has 0 aliphatic heterocycles. The molecule has 2 amide bonds. The maximum Gasteiger partial charge on any atom is 0.242 e. The molecule has 0 aliphatic rings. The predicted octanol–water partition coefficient (Wildman–Crippen LogP) is 5.18. The van der Waals surface area contributed by atoms with Gasteiger partial charge in [-0.05, 0) is 49.9 Å². The van der Waals surface area contributed by atoms with E-state index >= 15 is 0 Å². The van der Waals surface area contributed by atoms with Crippen molar-refractivity contribution in [2.24, 2.45) is 0 Å². The summed E-state index contributed by atoms with van der Waals surface area (Å²) in [7, 11) is -3.67. The summed E-state index contributed by atoms with van der Waals surface area (Å²) in [6, 6.07) is 11.8. The van der Waals surface area contributed by atoms with Gasteiger partial charge < -0.3 is 10.2 Å². The van der Waals surface area contributed by atoms with Crippen LogP contribution in [-0.4, -0.2) is 50.5 Å². The van der Waals surface area contributed by atoms with Gasteiger partial charge in [0.1, 0.15) is 6.04 Å². The van der Waals surface area contributed by atoms with Crippen LogP contribution in [0, 0.1) is 6.92 Å². The summed E-state index contributed by atoms with van der Waals surface area (Å²) in [4.78, 5) is 27.9. The predicted molar refractivity (Wildman–Crippen MR) is 147 cm³/mol. The maximum atomic E-state index is 13.4. The van der Waals surface area contributed by atoms with Gasteiger partial charge in [-0.25, -0.2) is 8.42 Å². The molecule has 1 N–H and O–H groups in total. The fourth-order valence-electron chi connectivity index (χ4n) is 3.84. The normalized spacial score (nSPS) is 12.2. The molecule has 0 saturated heterocycles. The Morgan fingerprint density at radius 3 is 2.31 bits per heavy atom. The molecular weight excluding hydrogens is 521 g/mol. The lowest BCUT2D eigenvalue weighted by atomic mass is 10.1. The number of benzene rings is 2. The average Bonchev–Trinajstić information content (AvgIpc) is 2.82. The fraction of sp³-hybridized carbons (Fsp3) is 0.462. The van der Waals surface area contributed by atoms with E-state index in [0.717, 1.165) is 28.1 Å². The number of aryl methyl sites for hydroxylation is 1. The third kappa shape index (κ3) is 8.68. The number of rotatable bonds is 13. The molecule has 2 aromatic carbocycles. The van der Waals surface area contributed by atoms with Crippen molar-refractivity contribution >= 4 is 50.7 Å². The van der Waals surface area contributed by atoms with Crippen LogP contribution in [0.25, 0.3) is 0 Å². The molecule has 0 fully saturated rings. The smallest absolute Gasteiger partial charge is 0.242 e. The molecule has 198 valence electrons. The molecule has 0 aliphatic carbocycles. The van der Waals surface area contributed by atoms with Crippen molar-refractivity contribution in [3.63, 3.8) is 0 Å². The second-order valence-electron chi connectivity index (χ2n) is 8.76. The Kier molecular flexibility index (Phi) is 11.5. The number of amides is 2. The summed E-state index contributed by atoms with van der Waals surface area (Å²) >= 11 is 12.3. The SMILES string of the molecule is CCCNC(=O)[C@H](CC)N(Cc1ccc(C)cc1)C(=O)CCCN(c1cc(Cl)ccc1Cl)S(C)(=O)=O. The third-order valence-electron chi connectivity index (χ3n) is 5.74. The van der Waals surface area contributed by atoms with Gasteiger partial charge in [0, 0.05) is 31.1 Å². The van der Waals surface area contributed by atoms with Gasteiger partial charge in [-0.2, -0.15) is 0 Å². The van der Waals surface area contributed by atoms with Crippen LogP contribution in [0.4, 0.5) is 5.69 Å². The fourth-order valence-corrected chi connectivity index (χ4v) is 5.24. The molecule has 36 heavy (non-hydrogen) atoms. The average molecular weight is 557 g/mol. The van der Waals surface area contributed by atoms with E-state index in [1.165, 1.54) is 12.1 Å². The lowest BCUT2D eigenvalue weighted by Crippen LogP contribution is -2.49. The van der Waals surface area contributed by atoms with Crippen molar-refractivity contribution in [2.75, 3.05) is 23.7 Å². The van der Waals surface area contributed by atoms with Gasteiger partial charge in [0.25, 0.3) is 0 Å². The first-order valence-electron chi connectivity index (χ1n) is 12.0. The number of sulfonamides is 1. The first kappa shape index (κ1) is 29.9. The van der Waals surface area contributed by atoms with Crippen molar-refractivity contribution in [3.8, 4) is 0 Å². The van der Waals surface area contributed by atoms with Crippen LogP contribution in [-0.2, 0) is 26.2 Å². The number of hydrogen-bond donors (Lipinski definition) is 1. The summed E-state index contributed by atoms with van der Waals surface area (Å²) in [5, 5.41) is 3.49. The standard InChI is InChI=1S/C26H35Cl2N3O4S/c1-5-15-29-26(33)23(6-2)30(18-20-11-9-19(3)10-12-20)25(32)8-7-16-31(36(4,34)35)24-17-21(27)13-14-22(24)28/h9-14,17,23H,5-8,15-16,18H2,1-4H3,(H,29,33)/t23-/m0/s1. The first-order valence-corrected chi connectivity index (χ1v) is 14.6. The lowest BCUT2D eigenvalue weighted by molar-refractivity contribution is -0.141. The highest BCUT2D eigenvalue weighted by Gasteiger charge is 2.29. The van der Waals surface area contributed by atoms with E-state index in [1.54, 1.807) is 11.0 Å². The molecule has 0 saturated carbocycles. The van der Waals surface area contributed by atoms with Crippen LogP contribution >= 0.6 is 23.2 Å². The minimum absolute atomic E-state index is 0.0435. The second kappa shape index (κ2) is 13.9. The van der Waals surface area contributed by atoms with Crippen LogP contribution < -0.4 is 9.62 Å². The zero-order valence-electron chi connectivity index (χ0n) is 21.3. The first-order chi connectivity index (χ1) is 17.0. The van der Waals surface area contributed by atoms with E-state index in [0.29, 0.717) is 18.0 Å². The highest BCUT2D eigenvalue weighted by molar-refractivity contribution is 7.92. The molecular formula is C26H35Cl2N3O4S. The van der Waals surface area contributed by atoms with E-state index in [9.17, 15) is 18.0 Å². The molecule has 0 bridgehead atoms. The van der Waals surface area contributed by atoms with E-state index in [-0.39, 0.29) is 48.5 Å². The van der Waals surface area contributed by atoms with Gasteiger partial charge in [0.15, 0.2) is 0 Å². The van der Waals surface area contributed by atoms with E-state index in [1.807, 2.05) is 45.0 Å². The molecule has 2 aromatic rings. The van der Waals surface area contributed by atoms with Crippen LogP contribution in [0.3, 0.4) is 0 Å². The number of anilines is 1. The maximum absolute atomic E-state index is 13.4. The Morgan fingerprint density at radius 2 is 1.72 bits per heavy atom. The van der Waals surface area contributed by atoms with Crippen molar-refractivity contribution in [1.29, 1.82) is 0 Å². The van der Waals surface area contributed by atoms with Gasteiger partial charge >= 0.3 is 0 Å². The summed E-state index contributed by atoms with van der Waals surface area (Å²) in [6.07, 6.45) is 2.64. The Hall–Kier alpha value is -2.29. The van der Waals surface area contributed by atoms with Crippen molar-refractivity contribution in [2.45, 2.75) is 59.0 Å². The largest absolute Gasteiger partial charge is 0.354 e. The van der Waals surface area contributed by atoms with Crippen LogP contribution in [0.5, 0.6) is 0 Å². The summed E-state index contributed by atoms with van der Waals surface area (Å²) < 4.78 is 26.1. The highest BCUT2D eigenvalue weighted by Crippen LogP contribution is 2.31. The van der Waals surface area contributed by atoms with Crippen LogP contribution in [0.2, 0.25) is 10.0 Å². The molecule has 0 heterocycles. The molecule has 7 nitrogen and oxygen atoms in total. The molecule has 0 aromatic heterocycles. The molecule has 0 spiro atoms. The van der Waals surface area contributed by atoms with E-state index in [4.69, 9.17) is 23.2 Å². The minimum Gasteiger partial charge on any atom is -0.354 e. The Morgan fingerprint density at radius 1 is 1.06 bits per heavy atom. The molecule has 0 unspecified atom stereocenters. The third-order valence-corrected chi connectivity index (χ3v) is 7.47. The highest BCUT2D eigenvalue weighted by atomic mass is 35.5. The number of nitrogens with one attached hydrogen (secondary N) is 1. The Balaban J connectivity index is 2.23. The van der Waals surface area contributed by atoms with E-state index in [2.05, 4.69) is 5.32 Å². The van der Waals surface area contributed by atoms with Gasteiger partial charge in [0.05, 0.1) is 17.0 Å². The number of carbonyl (C=O) groups is 2. The van der Waals surface area contributed by atoms with Crippen molar-refractivity contribution in [1.82, 2.24) is 10.2 Å². The Bertz CT molecular complexity index is 1140. The number of halogens is 2. The minimum atomic E-state index is -3.67. The van der Waals surface area contributed by atoms with Gasteiger partial charge in [-0.3, -0.25) is 13.9 Å². The quantitative estimate of drug-likeness (QED) is 0.368. The zero-order valence-corrected chi connectivity index (χ0v) is 23.6.